The van der Waals surface area contributed by atoms with Crippen molar-refractivity contribution in [2.45, 2.75) is 19.8 Å². The number of fused-ring (bicyclic) bond motifs is 3. The van der Waals surface area contributed by atoms with Crippen LogP contribution in [0.2, 0.25) is 0 Å². The molecule has 160 valence electrons. The predicted octanol–water partition coefficient (Wildman–Crippen LogP) is 6.82. The first-order valence-electron chi connectivity index (χ1n) is 10.5. The van der Waals surface area contributed by atoms with Crippen LogP contribution in [0, 0.1) is 11.3 Å². The Morgan fingerprint density at radius 1 is 1.12 bits per heavy atom. The second kappa shape index (κ2) is 10.7. The Morgan fingerprint density at radius 2 is 1.97 bits per heavy atom. The zero-order valence-corrected chi connectivity index (χ0v) is 18.2. The summed E-state index contributed by atoms with van der Waals surface area (Å²) in [5, 5.41) is 11.1. The average molecular weight is 422 g/mol. The molecular weight excluding hydrogens is 394 g/mol. The number of furan rings is 1. The molecule has 3 aromatic rings. The molecule has 0 atom stereocenters. The first-order chi connectivity index (χ1) is 15.7. The lowest BCUT2D eigenvalue weighted by Crippen LogP contribution is -1.87. The van der Waals surface area contributed by atoms with Crippen molar-refractivity contribution in [1.82, 2.24) is 0 Å². The van der Waals surface area contributed by atoms with E-state index >= 15 is 0 Å². The molecule has 0 fully saturated rings. The Kier molecular flexibility index (Phi) is 7.51. The van der Waals surface area contributed by atoms with Crippen molar-refractivity contribution in [1.29, 1.82) is 5.26 Å². The number of nitriles is 1. The molecule has 4 heteroatoms. The highest BCUT2D eigenvalue weighted by molar-refractivity contribution is 6.10. The molecule has 0 saturated carbocycles. The van der Waals surface area contributed by atoms with Gasteiger partial charge in [-0.15, -0.1) is 0 Å². The maximum absolute atomic E-state index is 9.02. The number of rotatable bonds is 8. The van der Waals surface area contributed by atoms with Crippen molar-refractivity contribution in [3.63, 3.8) is 0 Å². The molecule has 3 rings (SSSR count). The van der Waals surface area contributed by atoms with Crippen LogP contribution in [-0.4, -0.2) is 0 Å². The van der Waals surface area contributed by atoms with E-state index in [1.54, 1.807) is 12.3 Å². The minimum Gasteiger partial charge on any atom is -0.456 e. The van der Waals surface area contributed by atoms with E-state index < -0.39 is 0 Å². The monoisotopic (exact) mass is 421 g/mol. The largest absolute Gasteiger partial charge is 0.456 e. The van der Waals surface area contributed by atoms with E-state index in [0.29, 0.717) is 5.57 Å². The van der Waals surface area contributed by atoms with Gasteiger partial charge < -0.3 is 15.9 Å². The van der Waals surface area contributed by atoms with Crippen molar-refractivity contribution in [2.75, 3.05) is 0 Å². The fraction of sp³-hybridized carbons (Fsp3) is 0.107. The fourth-order valence-electron chi connectivity index (χ4n) is 3.68. The predicted molar refractivity (Wildman–Crippen MR) is 136 cm³/mol. The maximum Gasteiger partial charge on any atom is 0.136 e. The lowest BCUT2D eigenvalue weighted by atomic mass is 9.98. The molecule has 4 N–H and O–H groups in total. The van der Waals surface area contributed by atoms with Gasteiger partial charge in [-0.05, 0) is 72.5 Å². The molecule has 0 saturated heterocycles. The third kappa shape index (κ3) is 4.74. The molecule has 0 aliphatic heterocycles. The summed E-state index contributed by atoms with van der Waals surface area (Å²) >= 11 is 0. The highest BCUT2D eigenvalue weighted by Crippen LogP contribution is 2.35. The molecule has 32 heavy (non-hydrogen) atoms. The molecule has 0 aliphatic carbocycles. The van der Waals surface area contributed by atoms with Crippen molar-refractivity contribution >= 4 is 39.7 Å². The summed E-state index contributed by atoms with van der Waals surface area (Å²) in [5.74, 6) is 0. The van der Waals surface area contributed by atoms with Crippen LogP contribution in [0.3, 0.4) is 0 Å². The molecule has 0 bridgehead atoms. The van der Waals surface area contributed by atoms with Gasteiger partial charge in [0.15, 0.2) is 0 Å². The number of hydrogen-bond acceptors (Lipinski definition) is 4. The Balaban J connectivity index is 1.89. The number of nitrogens with two attached hydrogens (primary N) is 2. The lowest BCUT2D eigenvalue weighted by Gasteiger charge is -2.04. The number of benzene rings is 2. The van der Waals surface area contributed by atoms with Gasteiger partial charge in [0.1, 0.15) is 11.2 Å². The van der Waals surface area contributed by atoms with E-state index in [-0.39, 0.29) is 0 Å². The van der Waals surface area contributed by atoms with E-state index in [2.05, 4.69) is 30.9 Å². The highest BCUT2D eigenvalue weighted by atomic mass is 16.3. The summed E-state index contributed by atoms with van der Waals surface area (Å²) in [5.41, 5.74) is 17.5. The Morgan fingerprint density at radius 3 is 2.66 bits per heavy atom. The van der Waals surface area contributed by atoms with E-state index in [9.17, 15) is 0 Å². The summed E-state index contributed by atoms with van der Waals surface area (Å²) in [6.07, 6.45) is 17.9. The summed E-state index contributed by atoms with van der Waals surface area (Å²) in [6, 6.07) is 12.3. The van der Waals surface area contributed by atoms with Gasteiger partial charge >= 0.3 is 0 Å². The van der Waals surface area contributed by atoms with Crippen LogP contribution in [-0.2, 0) is 0 Å². The van der Waals surface area contributed by atoms with Gasteiger partial charge in [0, 0.05) is 22.5 Å². The Bertz CT molecular complexity index is 1320. The fourth-order valence-corrected chi connectivity index (χ4v) is 3.68. The zero-order valence-electron chi connectivity index (χ0n) is 18.2. The Hall–Kier alpha value is -4.23. The van der Waals surface area contributed by atoms with Crippen molar-refractivity contribution in [3.05, 3.63) is 102 Å². The average Bonchev–Trinajstić information content (AvgIpc) is 3.18. The second-order valence-corrected chi connectivity index (χ2v) is 7.19. The van der Waals surface area contributed by atoms with Gasteiger partial charge in [0.25, 0.3) is 0 Å². The SMILES string of the molecule is C=Cc1c(/C=C\C)ccc2oc3cc(C(/C=C\CC/C=C(C#N)\C=C/N)=C/N)ccc3c12. The topological polar surface area (TPSA) is 89.0 Å². The van der Waals surface area contributed by atoms with Crippen molar-refractivity contribution in [2.24, 2.45) is 11.5 Å². The van der Waals surface area contributed by atoms with E-state index in [1.807, 2.05) is 55.5 Å². The summed E-state index contributed by atoms with van der Waals surface area (Å²) in [6.45, 7) is 6.00. The highest BCUT2D eigenvalue weighted by Gasteiger charge is 2.13. The quantitative estimate of drug-likeness (QED) is 0.237. The van der Waals surface area contributed by atoms with Gasteiger partial charge in [-0.3, -0.25) is 0 Å². The zero-order chi connectivity index (χ0) is 22.9. The van der Waals surface area contributed by atoms with Crippen LogP contribution < -0.4 is 11.5 Å². The summed E-state index contributed by atoms with van der Waals surface area (Å²) in [7, 11) is 0. The number of allylic oxidation sites excluding steroid dienone is 7. The van der Waals surface area contributed by atoms with Crippen LogP contribution in [0.15, 0.2) is 89.7 Å². The normalized spacial score (nSPS) is 13.1. The summed E-state index contributed by atoms with van der Waals surface area (Å²) in [4.78, 5) is 0. The van der Waals surface area contributed by atoms with Gasteiger partial charge in [0.05, 0.1) is 6.07 Å². The van der Waals surface area contributed by atoms with Crippen LogP contribution in [0.5, 0.6) is 0 Å². The smallest absolute Gasteiger partial charge is 0.136 e. The Labute approximate surface area is 188 Å². The third-order valence-corrected chi connectivity index (χ3v) is 5.17. The van der Waals surface area contributed by atoms with Crippen molar-refractivity contribution in [3.8, 4) is 6.07 Å². The second-order valence-electron chi connectivity index (χ2n) is 7.19. The van der Waals surface area contributed by atoms with Gasteiger partial charge in [-0.2, -0.15) is 5.26 Å². The number of nitrogens with zero attached hydrogens (tertiary/aromatic N) is 1. The molecule has 0 aliphatic rings. The summed E-state index contributed by atoms with van der Waals surface area (Å²) < 4.78 is 6.15. The van der Waals surface area contributed by atoms with Crippen molar-refractivity contribution < 1.29 is 4.42 Å². The molecular formula is C28H27N3O. The first-order valence-corrected chi connectivity index (χ1v) is 10.5. The third-order valence-electron chi connectivity index (χ3n) is 5.17. The van der Waals surface area contributed by atoms with Crippen LogP contribution in [0.1, 0.15) is 36.5 Å². The minimum atomic E-state index is 0.558. The number of unbranched alkanes of at least 4 members (excludes halogenated alkanes) is 1. The van der Waals surface area contributed by atoms with Gasteiger partial charge in [-0.25, -0.2) is 0 Å². The van der Waals surface area contributed by atoms with Gasteiger partial charge in [0.2, 0.25) is 0 Å². The van der Waals surface area contributed by atoms with Gasteiger partial charge in [-0.1, -0.05) is 55.2 Å². The van der Waals surface area contributed by atoms with Crippen LogP contribution in [0.25, 0.3) is 39.7 Å². The maximum atomic E-state index is 9.02. The lowest BCUT2D eigenvalue weighted by molar-refractivity contribution is 0.669. The molecule has 0 amide bonds. The van der Waals surface area contributed by atoms with Crippen LogP contribution >= 0.6 is 0 Å². The van der Waals surface area contributed by atoms with E-state index in [0.717, 1.165) is 57.0 Å². The first kappa shape index (κ1) is 22.5. The molecule has 4 nitrogen and oxygen atoms in total. The minimum absolute atomic E-state index is 0.558. The van der Waals surface area contributed by atoms with E-state index in [4.69, 9.17) is 21.1 Å². The molecule has 1 aromatic heterocycles. The standard InChI is InChI=1S/C28H27N3O/c1-3-8-21-12-14-26-28(24(21)4-2)25-13-11-22(17-27(25)32-26)23(19-31)10-7-5-6-9-20(18-30)15-16-29/h3-4,7-17,19H,2,5-6,29,31H2,1H3/b8-3-,10-7-,16-15-,20-9+,23-19+. The molecule has 1 heterocycles. The van der Waals surface area contributed by atoms with Crippen LogP contribution in [0.4, 0.5) is 0 Å². The molecule has 0 unspecified atom stereocenters. The molecule has 0 radical (unpaired) electrons. The van der Waals surface area contributed by atoms with E-state index in [1.165, 1.54) is 6.20 Å². The molecule has 0 spiro atoms. The molecule has 2 aromatic carbocycles. The number of hydrogen-bond donors (Lipinski definition) is 2.